The summed E-state index contributed by atoms with van der Waals surface area (Å²) >= 11 is -0.520. The Morgan fingerprint density at radius 3 is 1.77 bits per heavy atom. The summed E-state index contributed by atoms with van der Waals surface area (Å²) in [4.78, 5) is 0. The number of benzene rings is 3. The first kappa shape index (κ1) is 14.0. The first-order valence-electron chi connectivity index (χ1n) is 7.05. The van der Waals surface area contributed by atoms with E-state index in [1.165, 1.54) is 19.4 Å². The Bertz CT molecular complexity index is 797. The number of halogens is 1. The fourth-order valence-corrected chi connectivity index (χ4v) is 6.35. The zero-order valence-electron chi connectivity index (χ0n) is 11.7. The van der Waals surface area contributed by atoms with Gasteiger partial charge in [0.15, 0.2) is 0 Å². The van der Waals surface area contributed by atoms with Crippen molar-refractivity contribution in [1.29, 1.82) is 0 Å². The maximum atomic E-state index is 13.3. The number of rotatable bonds is 1. The molecule has 108 valence electrons. The van der Waals surface area contributed by atoms with E-state index in [1.807, 2.05) is 36.4 Å². The molecule has 3 heteroatoms. The van der Waals surface area contributed by atoms with Crippen molar-refractivity contribution in [3.8, 4) is 0 Å². The van der Waals surface area contributed by atoms with E-state index in [2.05, 4.69) is 12.1 Å². The second-order valence-electron chi connectivity index (χ2n) is 5.31. The summed E-state index contributed by atoms with van der Waals surface area (Å²) in [6.07, 6.45) is 0. The Kier molecular flexibility index (Phi) is 3.31. The van der Waals surface area contributed by atoms with E-state index in [0.717, 1.165) is 11.1 Å². The number of hydrogen-bond donors (Lipinski definition) is 1. The van der Waals surface area contributed by atoms with Crippen molar-refractivity contribution in [3.05, 3.63) is 95.3 Å². The van der Waals surface area contributed by atoms with E-state index in [0.29, 0.717) is 5.56 Å². The predicted octanol–water partition coefficient (Wildman–Crippen LogP) is 2.08. The number of hydrogen-bond acceptors (Lipinski definition) is 1. The molecule has 3 aromatic carbocycles. The van der Waals surface area contributed by atoms with Crippen LogP contribution < -0.4 is 7.22 Å². The van der Waals surface area contributed by atoms with Crippen LogP contribution >= 0.6 is 0 Å². The van der Waals surface area contributed by atoms with E-state index in [-0.39, 0.29) is 5.82 Å². The molecular formula is C19H13FOTe. The second-order valence-corrected chi connectivity index (χ2v) is 8.40. The van der Waals surface area contributed by atoms with Crippen LogP contribution in [-0.2, 0) is 5.60 Å². The third-order valence-electron chi connectivity index (χ3n) is 4.04. The SMILES string of the molecule is OC1(c2ccc(F)cc2)c2ccccc2[Te]c2ccccc21. The van der Waals surface area contributed by atoms with Gasteiger partial charge in [0.25, 0.3) is 0 Å². The van der Waals surface area contributed by atoms with Gasteiger partial charge >= 0.3 is 139 Å². The molecule has 0 aromatic heterocycles. The molecular weight excluding hydrogens is 391 g/mol. The van der Waals surface area contributed by atoms with Gasteiger partial charge in [-0.15, -0.1) is 0 Å². The molecule has 1 heterocycles. The Balaban J connectivity index is 2.03. The molecule has 1 nitrogen and oxygen atoms in total. The van der Waals surface area contributed by atoms with Crippen molar-refractivity contribution in [3.63, 3.8) is 0 Å². The van der Waals surface area contributed by atoms with Crippen molar-refractivity contribution in [1.82, 2.24) is 0 Å². The Morgan fingerprint density at radius 2 is 1.23 bits per heavy atom. The Hall–Kier alpha value is -1.66. The van der Waals surface area contributed by atoms with Gasteiger partial charge in [0.2, 0.25) is 0 Å². The third-order valence-corrected chi connectivity index (χ3v) is 7.32. The number of aliphatic hydroxyl groups is 1. The van der Waals surface area contributed by atoms with Crippen molar-refractivity contribution < 1.29 is 9.50 Å². The summed E-state index contributed by atoms with van der Waals surface area (Å²) < 4.78 is 15.8. The molecule has 0 saturated carbocycles. The summed E-state index contributed by atoms with van der Waals surface area (Å²) in [6.45, 7) is 0. The number of fused-ring (bicyclic) bond motifs is 2. The molecule has 4 rings (SSSR count). The molecule has 0 spiro atoms. The van der Waals surface area contributed by atoms with Crippen LogP contribution in [0.2, 0.25) is 0 Å². The fraction of sp³-hybridized carbons (Fsp3) is 0.0526. The summed E-state index contributed by atoms with van der Waals surface area (Å²) in [5.41, 5.74) is 1.37. The van der Waals surface area contributed by atoms with Gasteiger partial charge in [0, 0.05) is 0 Å². The molecule has 0 saturated heterocycles. The van der Waals surface area contributed by atoms with E-state index in [9.17, 15) is 9.50 Å². The van der Waals surface area contributed by atoms with Crippen molar-refractivity contribution in [2.24, 2.45) is 0 Å². The molecule has 0 atom stereocenters. The monoisotopic (exact) mass is 406 g/mol. The first-order chi connectivity index (χ1) is 10.7. The molecule has 1 N–H and O–H groups in total. The van der Waals surface area contributed by atoms with Crippen LogP contribution in [0.15, 0.2) is 72.8 Å². The van der Waals surface area contributed by atoms with Gasteiger partial charge in [0.05, 0.1) is 0 Å². The zero-order valence-corrected chi connectivity index (χ0v) is 14.0. The molecule has 1 aliphatic rings. The summed E-state index contributed by atoms with van der Waals surface area (Å²) in [7, 11) is 0. The van der Waals surface area contributed by atoms with Crippen LogP contribution in [0.25, 0.3) is 0 Å². The molecule has 0 radical (unpaired) electrons. The Morgan fingerprint density at radius 1 is 0.727 bits per heavy atom. The van der Waals surface area contributed by atoms with Crippen LogP contribution in [0, 0.1) is 5.82 Å². The molecule has 22 heavy (non-hydrogen) atoms. The summed E-state index contributed by atoms with van der Waals surface area (Å²) in [5, 5.41) is 11.6. The molecule has 0 aliphatic carbocycles. The third kappa shape index (κ3) is 2.01. The Labute approximate surface area is 138 Å². The average molecular weight is 404 g/mol. The van der Waals surface area contributed by atoms with E-state index < -0.39 is 26.5 Å². The van der Waals surface area contributed by atoms with Crippen LogP contribution in [0.3, 0.4) is 0 Å². The normalized spacial score (nSPS) is 15.0. The second kappa shape index (κ2) is 5.21. The maximum absolute atomic E-state index is 13.3. The van der Waals surface area contributed by atoms with Crippen molar-refractivity contribution in [2.45, 2.75) is 5.60 Å². The standard InChI is InChI=1S/C19H13FOTe/c20-14-11-9-13(10-12-14)19(21)15-5-1-3-7-17(15)22-18-8-4-2-6-16(18)19/h1-12,21H. The van der Waals surface area contributed by atoms with Gasteiger partial charge < -0.3 is 0 Å². The van der Waals surface area contributed by atoms with Gasteiger partial charge in [-0.2, -0.15) is 0 Å². The fourth-order valence-electron chi connectivity index (χ4n) is 2.97. The van der Waals surface area contributed by atoms with Gasteiger partial charge in [-0.25, -0.2) is 0 Å². The molecule has 3 aromatic rings. The van der Waals surface area contributed by atoms with Gasteiger partial charge in [-0.1, -0.05) is 0 Å². The van der Waals surface area contributed by atoms with Crippen molar-refractivity contribution in [2.75, 3.05) is 0 Å². The van der Waals surface area contributed by atoms with Crippen molar-refractivity contribution >= 4 is 28.1 Å². The quantitative estimate of drug-likeness (QED) is 0.617. The average Bonchev–Trinajstić information content (AvgIpc) is 2.56. The van der Waals surface area contributed by atoms with E-state index in [4.69, 9.17) is 0 Å². The topological polar surface area (TPSA) is 20.2 Å². The van der Waals surface area contributed by atoms with E-state index >= 15 is 0 Å². The van der Waals surface area contributed by atoms with E-state index in [1.54, 1.807) is 12.1 Å². The first-order valence-corrected chi connectivity index (χ1v) is 9.38. The molecule has 1 aliphatic heterocycles. The minimum absolute atomic E-state index is 0.293. The van der Waals surface area contributed by atoms with Gasteiger partial charge in [-0.3, -0.25) is 0 Å². The molecule has 0 bridgehead atoms. The van der Waals surface area contributed by atoms with Gasteiger partial charge in [-0.05, 0) is 0 Å². The van der Waals surface area contributed by atoms with Gasteiger partial charge in [0.1, 0.15) is 0 Å². The van der Waals surface area contributed by atoms with Crippen LogP contribution in [0.1, 0.15) is 16.7 Å². The van der Waals surface area contributed by atoms with Crippen LogP contribution in [0.4, 0.5) is 4.39 Å². The molecule has 0 fully saturated rings. The van der Waals surface area contributed by atoms with Crippen LogP contribution in [-0.4, -0.2) is 26.0 Å². The summed E-state index contributed by atoms with van der Waals surface area (Å²) in [6, 6.07) is 22.3. The predicted molar refractivity (Wildman–Crippen MR) is 86.4 cm³/mol. The molecule has 0 unspecified atom stereocenters. The minimum atomic E-state index is -1.20. The zero-order chi connectivity index (χ0) is 15.2. The summed E-state index contributed by atoms with van der Waals surface area (Å²) in [5.74, 6) is -0.293. The molecule has 0 amide bonds. The van der Waals surface area contributed by atoms with Crippen LogP contribution in [0.5, 0.6) is 0 Å².